The standard InChI is InChI=1S/C12H17FN2O4S2/c1-9-8-15(6-5-14-9)21(18,19)12-7-10(20(2,16)17)3-4-11(12)13/h3-4,7,9,14H,5-6,8H2,1-2H3/t9-/m1/s1. The second kappa shape index (κ2) is 5.64. The highest BCUT2D eigenvalue weighted by Gasteiger charge is 2.31. The molecule has 0 radical (unpaired) electrons. The zero-order valence-electron chi connectivity index (χ0n) is 11.7. The molecule has 1 aromatic carbocycles. The molecule has 1 fully saturated rings. The van der Waals surface area contributed by atoms with Crippen molar-refractivity contribution in [3.8, 4) is 0 Å². The van der Waals surface area contributed by atoms with E-state index in [9.17, 15) is 21.2 Å². The Morgan fingerprint density at radius 3 is 2.52 bits per heavy atom. The van der Waals surface area contributed by atoms with Crippen molar-refractivity contribution in [1.82, 2.24) is 9.62 Å². The molecule has 0 aliphatic carbocycles. The average molecular weight is 336 g/mol. The molecule has 9 heteroatoms. The summed E-state index contributed by atoms with van der Waals surface area (Å²) in [6.07, 6.45) is 0.948. The van der Waals surface area contributed by atoms with Gasteiger partial charge in [-0.3, -0.25) is 0 Å². The summed E-state index contributed by atoms with van der Waals surface area (Å²) in [5.41, 5.74) is 0. The molecule has 0 saturated carbocycles. The van der Waals surface area contributed by atoms with Crippen LogP contribution in [0.1, 0.15) is 6.92 Å². The van der Waals surface area contributed by atoms with E-state index in [0.717, 1.165) is 24.5 Å². The van der Waals surface area contributed by atoms with Crippen LogP contribution >= 0.6 is 0 Å². The van der Waals surface area contributed by atoms with E-state index >= 15 is 0 Å². The van der Waals surface area contributed by atoms with E-state index in [1.54, 1.807) is 0 Å². The Morgan fingerprint density at radius 2 is 1.95 bits per heavy atom. The van der Waals surface area contributed by atoms with Gasteiger partial charge in [-0.05, 0) is 25.1 Å². The van der Waals surface area contributed by atoms with E-state index in [-0.39, 0.29) is 24.0 Å². The minimum Gasteiger partial charge on any atom is -0.312 e. The van der Waals surface area contributed by atoms with Gasteiger partial charge < -0.3 is 5.32 Å². The van der Waals surface area contributed by atoms with Crippen molar-refractivity contribution >= 4 is 19.9 Å². The van der Waals surface area contributed by atoms with E-state index in [4.69, 9.17) is 0 Å². The molecule has 6 nitrogen and oxygen atoms in total. The van der Waals surface area contributed by atoms with E-state index in [1.165, 1.54) is 4.31 Å². The third-order valence-electron chi connectivity index (χ3n) is 3.28. The molecule has 0 bridgehead atoms. The van der Waals surface area contributed by atoms with Gasteiger partial charge in [0.2, 0.25) is 10.0 Å². The van der Waals surface area contributed by atoms with Crippen molar-refractivity contribution < 1.29 is 21.2 Å². The van der Waals surface area contributed by atoms with Crippen LogP contribution in [-0.4, -0.2) is 53.1 Å². The fourth-order valence-electron chi connectivity index (χ4n) is 2.17. The third-order valence-corrected chi connectivity index (χ3v) is 6.27. The lowest BCUT2D eigenvalue weighted by Gasteiger charge is -2.31. The quantitative estimate of drug-likeness (QED) is 0.798. The number of piperazine rings is 1. The highest BCUT2D eigenvalue weighted by molar-refractivity contribution is 7.91. The van der Waals surface area contributed by atoms with Crippen LogP contribution in [0.4, 0.5) is 4.39 Å². The van der Waals surface area contributed by atoms with Crippen molar-refractivity contribution in [2.45, 2.75) is 22.8 Å². The molecule has 0 amide bonds. The highest BCUT2D eigenvalue weighted by atomic mass is 32.2. The number of nitrogens with one attached hydrogen (secondary N) is 1. The fraction of sp³-hybridized carbons (Fsp3) is 0.500. The largest absolute Gasteiger partial charge is 0.312 e. The third kappa shape index (κ3) is 3.42. The van der Waals surface area contributed by atoms with Gasteiger partial charge in [0, 0.05) is 31.9 Å². The maximum atomic E-state index is 13.9. The van der Waals surface area contributed by atoms with Crippen LogP contribution in [0.3, 0.4) is 0 Å². The zero-order chi connectivity index (χ0) is 15.8. The molecule has 1 saturated heterocycles. The summed E-state index contributed by atoms with van der Waals surface area (Å²) in [6.45, 7) is 2.72. The van der Waals surface area contributed by atoms with Gasteiger partial charge in [0.25, 0.3) is 0 Å². The molecule has 1 aromatic rings. The Hall–Kier alpha value is -1.03. The van der Waals surface area contributed by atoms with Crippen LogP contribution in [0.25, 0.3) is 0 Å². The molecule has 118 valence electrons. The molecule has 0 unspecified atom stereocenters. The Morgan fingerprint density at radius 1 is 1.29 bits per heavy atom. The summed E-state index contributed by atoms with van der Waals surface area (Å²) in [4.78, 5) is -0.815. The first kappa shape index (κ1) is 16.3. The zero-order valence-corrected chi connectivity index (χ0v) is 13.3. The first-order chi connectivity index (χ1) is 9.62. The van der Waals surface area contributed by atoms with E-state index in [1.807, 2.05) is 6.92 Å². The Kier molecular flexibility index (Phi) is 4.39. The number of sulfone groups is 1. The van der Waals surface area contributed by atoms with Crippen LogP contribution in [0.5, 0.6) is 0 Å². The second-order valence-corrected chi connectivity index (χ2v) is 9.00. The van der Waals surface area contributed by atoms with Crippen LogP contribution in [0.2, 0.25) is 0 Å². The van der Waals surface area contributed by atoms with Crippen LogP contribution in [0.15, 0.2) is 28.0 Å². The molecule has 0 spiro atoms. The van der Waals surface area contributed by atoms with Crippen molar-refractivity contribution in [3.05, 3.63) is 24.0 Å². The summed E-state index contributed by atoms with van der Waals surface area (Å²) in [5, 5.41) is 3.09. The minimum atomic E-state index is -4.05. The lowest BCUT2D eigenvalue weighted by molar-refractivity contribution is 0.309. The topological polar surface area (TPSA) is 83.6 Å². The maximum Gasteiger partial charge on any atom is 0.246 e. The van der Waals surface area contributed by atoms with E-state index < -0.39 is 30.6 Å². The number of nitrogens with zero attached hydrogens (tertiary/aromatic N) is 1. The molecule has 0 aromatic heterocycles. The average Bonchev–Trinajstić information content (AvgIpc) is 2.37. The SMILES string of the molecule is C[C@@H]1CN(S(=O)(=O)c2cc(S(C)(=O)=O)ccc2F)CCN1. The number of rotatable bonds is 3. The minimum absolute atomic E-state index is 0.0466. The van der Waals surface area contributed by atoms with Crippen molar-refractivity contribution in [2.24, 2.45) is 0 Å². The van der Waals surface area contributed by atoms with Crippen LogP contribution in [-0.2, 0) is 19.9 Å². The van der Waals surface area contributed by atoms with Crippen LogP contribution in [0, 0.1) is 5.82 Å². The molecule has 21 heavy (non-hydrogen) atoms. The maximum absolute atomic E-state index is 13.9. The molecule has 2 rings (SSSR count). The monoisotopic (exact) mass is 336 g/mol. The van der Waals surface area contributed by atoms with Gasteiger partial charge >= 0.3 is 0 Å². The first-order valence-corrected chi connectivity index (χ1v) is 9.68. The number of hydrogen-bond donors (Lipinski definition) is 1. The molecule has 1 aliphatic heterocycles. The molecule has 1 aliphatic rings. The summed E-state index contributed by atoms with van der Waals surface area (Å²) in [6, 6.07) is 2.76. The highest BCUT2D eigenvalue weighted by Crippen LogP contribution is 2.23. The lowest BCUT2D eigenvalue weighted by atomic mass is 10.3. The Balaban J connectivity index is 2.49. The van der Waals surface area contributed by atoms with Crippen molar-refractivity contribution in [1.29, 1.82) is 0 Å². The Labute approximate surface area is 123 Å². The smallest absolute Gasteiger partial charge is 0.246 e. The van der Waals surface area contributed by atoms with Gasteiger partial charge in [-0.15, -0.1) is 0 Å². The van der Waals surface area contributed by atoms with Gasteiger partial charge in [-0.25, -0.2) is 21.2 Å². The van der Waals surface area contributed by atoms with Gasteiger partial charge in [0.05, 0.1) is 4.90 Å². The number of sulfonamides is 1. The predicted octanol–water partition coefficient (Wildman–Crippen LogP) is 0.212. The summed E-state index contributed by atoms with van der Waals surface area (Å²) in [5.74, 6) is -0.950. The predicted molar refractivity (Wildman–Crippen MR) is 75.7 cm³/mol. The molecular weight excluding hydrogens is 319 g/mol. The normalized spacial score (nSPS) is 21.4. The van der Waals surface area contributed by atoms with E-state index in [0.29, 0.717) is 6.54 Å². The molecular formula is C12H17FN2O4S2. The second-order valence-electron chi connectivity index (χ2n) is 5.08. The Bertz CT molecular complexity index is 747. The number of halogens is 1. The van der Waals surface area contributed by atoms with Gasteiger partial charge in [0.15, 0.2) is 9.84 Å². The molecule has 1 N–H and O–H groups in total. The van der Waals surface area contributed by atoms with Gasteiger partial charge in [0.1, 0.15) is 10.7 Å². The number of benzene rings is 1. The number of hydrogen-bond acceptors (Lipinski definition) is 5. The van der Waals surface area contributed by atoms with Crippen molar-refractivity contribution in [2.75, 3.05) is 25.9 Å². The lowest BCUT2D eigenvalue weighted by Crippen LogP contribution is -2.51. The summed E-state index contributed by atoms with van der Waals surface area (Å²) >= 11 is 0. The molecule has 1 atom stereocenters. The van der Waals surface area contributed by atoms with E-state index in [2.05, 4.69) is 5.32 Å². The van der Waals surface area contributed by atoms with Gasteiger partial charge in [-0.1, -0.05) is 0 Å². The summed E-state index contributed by atoms with van der Waals surface area (Å²) < 4.78 is 63.1. The van der Waals surface area contributed by atoms with Crippen LogP contribution < -0.4 is 5.32 Å². The molecule has 1 heterocycles. The summed E-state index contributed by atoms with van der Waals surface area (Å²) in [7, 11) is -7.66. The fourth-order valence-corrected chi connectivity index (χ4v) is 4.51. The van der Waals surface area contributed by atoms with Gasteiger partial charge in [-0.2, -0.15) is 4.31 Å². The first-order valence-electron chi connectivity index (χ1n) is 6.35. The van der Waals surface area contributed by atoms with Crippen molar-refractivity contribution in [3.63, 3.8) is 0 Å².